The Hall–Kier alpha value is -1.81. The second kappa shape index (κ2) is 10.4. The van der Waals surface area contributed by atoms with Crippen LogP contribution in [0, 0.1) is 0 Å². The van der Waals surface area contributed by atoms with Crippen LogP contribution in [-0.4, -0.2) is 58.7 Å². The standard InChI is InChI=1S/C18H25N5O2.HI/c1-2-19-18(20-13-15-3-5-17(24)6-4-15)23-10-8-22(9-11-23)14-16-7-12-25-21-16;/h3-7,12,24H,2,8-11,13-14H2,1H3,(H,19,20);1H. The van der Waals surface area contributed by atoms with Gasteiger partial charge in [-0.1, -0.05) is 17.3 Å². The van der Waals surface area contributed by atoms with E-state index in [4.69, 9.17) is 9.52 Å². The fourth-order valence-electron chi connectivity index (χ4n) is 2.86. The van der Waals surface area contributed by atoms with Crippen LogP contribution in [0.5, 0.6) is 5.75 Å². The number of phenols is 1. The van der Waals surface area contributed by atoms with Crippen LogP contribution in [0.3, 0.4) is 0 Å². The van der Waals surface area contributed by atoms with E-state index >= 15 is 0 Å². The maximum Gasteiger partial charge on any atom is 0.194 e. The zero-order valence-electron chi connectivity index (χ0n) is 15.0. The molecule has 8 heteroatoms. The molecule has 26 heavy (non-hydrogen) atoms. The third kappa shape index (κ3) is 5.87. The number of piperazine rings is 1. The van der Waals surface area contributed by atoms with Crippen molar-refractivity contribution in [2.75, 3.05) is 32.7 Å². The average molecular weight is 471 g/mol. The van der Waals surface area contributed by atoms with Crippen molar-refractivity contribution in [3.05, 3.63) is 47.9 Å². The summed E-state index contributed by atoms with van der Waals surface area (Å²) in [7, 11) is 0. The Morgan fingerprint density at radius 1 is 1.19 bits per heavy atom. The molecule has 0 bridgehead atoms. The summed E-state index contributed by atoms with van der Waals surface area (Å²) in [6.07, 6.45) is 1.62. The Morgan fingerprint density at radius 2 is 1.92 bits per heavy atom. The molecular weight excluding hydrogens is 445 g/mol. The first-order chi connectivity index (χ1) is 12.2. The predicted molar refractivity (Wildman–Crippen MR) is 112 cm³/mol. The summed E-state index contributed by atoms with van der Waals surface area (Å²) in [4.78, 5) is 9.41. The van der Waals surface area contributed by atoms with Crippen LogP contribution in [-0.2, 0) is 13.1 Å². The Kier molecular flexibility index (Phi) is 8.17. The molecule has 2 heterocycles. The lowest BCUT2D eigenvalue weighted by Gasteiger charge is -2.36. The van der Waals surface area contributed by atoms with Gasteiger partial charge in [0.05, 0.1) is 12.2 Å². The van der Waals surface area contributed by atoms with Crippen molar-refractivity contribution < 1.29 is 9.63 Å². The van der Waals surface area contributed by atoms with Gasteiger partial charge in [0.1, 0.15) is 12.0 Å². The molecule has 3 rings (SSSR count). The fraction of sp³-hybridized carbons (Fsp3) is 0.444. The van der Waals surface area contributed by atoms with Crippen LogP contribution in [0.4, 0.5) is 0 Å². The highest BCUT2D eigenvalue weighted by atomic mass is 127. The molecule has 0 saturated carbocycles. The molecule has 1 saturated heterocycles. The number of aliphatic imine (C=N–C) groups is 1. The van der Waals surface area contributed by atoms with E-state index in [1.807, 2.05) is 18.2 Å². The molecule has 142 valence electrons. The van der Waals surface area contributed by atoms with E-state index in [2.05, 4.69) is 27.2 Å². The smallest absolute Gasteiger partial charge is 0.194 e. The second-order valence-electron chi connectivity index (χ2n) is 6.09. The molecule has 7 nitrogen and oxygen atoms in total. The van der Waals surface area contributed by atoms with Crippen LogP contribution >= 0.6 is 24.0 Å². The molecule has 1 aromatic carbocycles. The number of phenolic OH excluding ortho intramolecular Hbond substituents is 1. The van der Waals surface area contributed by atoms with Gasteiger partial charge in [0, 0.05) is 45.3 Å². The van der Waals surface area contributed by atoms with E-state index in [1.165, 1.54) is 0 Å². The minimum absolute atomic E-state index is 0. The number of benzene rings is 1. The van der Waals surface area contributed by atoms with Crippen molar-refractivity contribution in [3.63, 3.8) is 0 Å². The van der Waals surface area contributed by atoms with Gasteiger partial charge < -0.3 is 19.8 Å². The minimum Gasteiger partial charge on any atom is -0.508 e. The normalized spacial score (nSPS) is 15.6. The highest BCUT2D eigenvalue weighted by molar-refractivity contribution is 14.0. The topological polar surface area (TPSA) is 77.1 Å². The second-order valence-corrected chi connectivity index (χ2v) is 6.09. The molecule has 1 fully saturated rings. The average Bonchev–Trinajstić information content (AvgIpc) is 3.14. The number of rotatable bonds is 5. The van der Waals surface area contributed by atoms with Gasteiger partial charge in [-0.15, -0.1) is 24.0 Å². The van der Waals surface area contributed by atoms with Crippen molar-refractivity contribution in [3.8, 4) is 5.75 Å². The van der Waals surface area contributed by atoms with Gasteiger partial charge in [0.15, 0.2) is 5.96 Å². The molecule has 1 aliphatic rings. The SMILES string of the molecule is CCNC(=NCc1ccc(O)cc1)N1CCN(Cc2ccon2)CC1.I. The van der Waals surface area contributed by atoms with Crippen molar-refractivity contribution in [2.45, 2.75) is 20.0 Å². The van der Waals surface area contributed by atoms with E-state index in [-0.39, 0.29) is 29.7 Å². The number of hydrogen-bond donors (Lipinski definition) is 2. The molecule has 2 aromatic rings. The largest absolute Gasteiger partial charge is 0.508 e. The predicted octanol–water partition coefficient (Wildman–Crippen LogP) is 2.28. The van der Waals surface area contributed by atoms with E-state index in [0.29, 0.717) is 6.54 Å². The number of hydrogen-bond acceptors (Lipinski definition) is 5. The summed E-state index contributed by atoms with van der Waals surface area (Å²) < 4.78 is 4.90. The summed E-state index contributed by atoms with van der Waals surface area (Å²) in [6.45, 7) is 8.14. The van der Waals surface area contributed by atoms with Gasteiger partial charge in [-0.3, -0.25) is 4.90 Å². The zero-order chi connectivity index (χ0) is 17.5. The zero-order valence-corrected chi connectivity index (χ0v) is 17.3. The quantitative estimate of drug-likeness (QED) is 0.396. The maximum atomic E-state index is 9.37. The third-order valence-corrected chi connectivity index (χ3v) is 4.23. The number of nitrogens with one attached hydrogen (secondary N) is 1. The number of nitrogens with zero attached hydrogens (tertiary/aromatic N) is 4. The lowest BCUT2D eigenvalue weighted by molar-refractivity contribution is 0.169. The van der Waals surface area contributed by atoms with Crippen LogP contribution in [0.25, 0.3) is 0 Å². The molecule has 0 aliphatic carbocycles. The molecule has 1 aromatic heterocycles. The summed E-state index contributed by atoms with van der Waals surface area (Å²) in [5.41, 5.74) is 2.05. The van der Waals surface area contributed by atoms with Crippen LogP contribution in [0.1, 0.15) is 18.2 Å². The molecule has 0 radical (unpaired) electrons. The lowest BCUT2D eigenvalue weighted by Crippen LogP contribution is -2.52. The first kappa shape index (κ1) is 20.5. The third-order valence-electron chi connectivity index (χ3n) is 4.23. The number of aromatic hydroxyl groups is 1. The first-order valence-electron chi connectivity index (χ1n) is 8.67. The Morgan fingerprint density at radius 3 is 2.54 bits per heavy atom. The molecule has 0 atom stereocenters. The minimum atomic E-state index is 0. The van der Waals surface area contributed by atoms with Crippen molar-refractivity contribution in [1.82, 2.24) is 20.3 Å². The monoisotopic (exact) mass is 471 g/mol. The summed E-state index contributed by atoms with van der Waals surface area (Å²) in [6, 6.07) is 9.10. The van der Waals surface area contributed by atoms with Gasteiger partial charge in [-0.2, -0.15) is 0 Å². The summed E-state index contributed by atoms with van der Waals surface area (Å²) in [5.74, 6) is 1.22. The summed E-state index contributed by atoms with van der Waals surface area (Å²) >= 11 is 0. The Balaban J connectivity index is 0.00000243. The van der Waals surface area contributed by atoms with Gasteiger partial charge in [0.2, 0.25) is 0 Å². The summed E-state index contributed by atoms with van der Waals surface area (Å²) in [5, 5.41) is 16.7. The van der Waals surface area contributed by atoms with Crippen LogP contribution in [0.15, 0.2) is 46.1 Å². The van der Waals surface area contributed by atoms with E-state index < -0.39 is 0 Å². The van der Waals surface area contributed by atoms with E-state index in [0.717, 1.165) is 56.5 Å². The lowest BCUT2D eigenvalue weighted by atomic mass is 10.2. The van der Waals surface area contributed by atoms with Gasteiger partial charge >= 0.3 is 0 Å². The first-order valence-corrected chi connectivity index (χ1v) is 8.67. The molecule has 1 aliphatic heterocycles. The fourth-order valence-corrected chi connectivity index (χ4v) is 2.86. The molecular formula is C18H26IN5O2. The number of halogens is 1. The highest BCUT2D eigenvalue weighted by Gasteiger charge is 2.20. The maximum absolute atomic E-state index is 9.37. The Labute approximate surface area is 171 Å². The molecule has 0 unspecified atom stereocenters. The van der Waals surface area contributed by atoms with Crippen molar-refractivity contribution in [1.29, 1.82) is 0 Å². The van der Waals surface area contributed by atoms with E-state index in [9.17, 15) is 5.11 Å². The molecule has 2 N–H and O–H groups in total. The van der Waals surface area contributed by atoms with Gasteiger partial charge in [-0.05, 0) is 24.6 Å². The number of aromatic nitrogens is 1. The number of guanidine groups is 1. The van der Waals surface area contributed by atoms with Crippen molar-refractivity contribution in [2.24, 2.45) is 4.99 Å². The van der Waals surface area contributed by atoms with Crippen LogP contribution < -0.4 is 5.32 Å². The molecule has 0 amide bonds. The van der Waals surface area contributed by atoms with Crippen LogP contribution in [0.2, 0.25) is 0 Å². The van der Waals surface area contributed by atoms with Gasteiger partial charge in [0.25, 0.3) is 0 Å². The Bertz CT molecular complexity index is 667. The van der Waals surface area contributed by atoms with Gasteiger partial charge in [-0.25, -0.2) is 4.99 Å². The highest BCUT2D eigenvalue weighted by Crippen LogP contribution is 2.11. The molecule has 0 spiro atoms. The van der Waals surface area contributed by atoms with Crippen molar-refractivity contribution >= 4 is 29.9 Å². The van der Waals surface area contributed by atoms with E-state index in [1.54, 1.807) is 18.4 Å².